The van der Waals surface area contributed by atoms with Crippen molar-refractivity contribution in [3.63, 3.8) is 0 Å². The third-order valence-electron chi connectivity index (χ3n) is 8.39. The van der Waals surface area contributed by atoms with Gasteiger partial charge in [-0.2, -0.15) is 33.4 Å². The van der Waals surface area contributed by atoms with E-state index >= 15 is 17.6 Å². The minimum atomic E-state index is -6.23. The van der Waals surface area contributed by atoms with E-state index in [4.69, 9.17) is 13.1 Å². The molecule has 0 N–H and O–H groups in total. The average molecular weight is 826 g/mol. The first-order valence-electron chi connectivity index (χ1n) is 14.5. The molecular formula is C34H7F17N4O2. The molecule has 57 heavy (non-hydrogen) atoms. The van der Waals surface area contributed by atoms with Crippen LogP contribution in [-0.4, -0.2) is 12.7 Å². The van der Waals surface area contributed by atoms with Gasteiger partial charge in [-0.05, 0) is 12.5 Å². The molecule has 0 unspecified atom stereocenters. The number of fused-ring (bicyclic) bond motifs is 2. The molecule has 0 bridgehead atoms. The molecule has 0 radical (unpaired) electrons. The molecule has 6 nitrogen and oxygen atoms in total. The van der Waals surface area contributed by atoms with E-state index in [1.54, 1.807) is 0 Å². The monoisotopic (exact) mass is 826 g/mol. The normalized spacial score (nSPS) is 13.8. The van der Waals surface area contributed by atoms with Crippen molar-refractivity contribution in [2.45, 2.75) is 38.7 Å². The summed E-state index contributed by atoms with van der Waals surface area (Å²) in [5.41, 5.74) is -20.2. The number of hydrogen-bond acceptors (Lipinski definition) is 4. The molecule has 3 aromatic rings. The first-order valence-corrected chi connectivity index (χ1v) is 14.5. The van der Waals surface area contributed by atoms with Crippen molar-refractivity contribution >= 4 is 11.1 Å². The topological polar surface area (TPSA) is 74.8 Å². The minimum absolute atomic E-state index is 0.465. The maximum Gasteiger partial charge on any atom is 0.573 e. The van der Waals surface area contributed by atoms with Crippen molar-refractivity contribution in [1.29, 1.82) is 10.5 Å². The Balaban J connectivity index is 2.30. The van der Waals surface area contributed by atoms with Gasteiger partial charge in [-0.1, -0.05) is 0 Å². The fourth-order valence-electron chi connectivity index (χ4n) is 6.29. The molecule has 2 aliphatic rings. The molecule has 0 aliphatic heterocycles. The van der Waals surface area contributed by atoms with Crippen LogP contribution in [0.5, 0.6) is 11.5 Å². The van der Waals surface area contributed by atoms with Crippen LogP contribution in [0, 0.1) is 89.3 Å². The van der Waals surface area contributed by atoms with Crippen molar-refractivity contribution in [1.82, 2.24) is 0 Å². The van der Waals surface area contributed by atoms with E-state index in [2.05, 4.69) is 19.2 Å². The van der Waals surface area contributed by atoms with Crippen LogP contribution < -0.4 is 19.9 Å². The van der Waals surface area contributed by atoms with E-state index in [1.807, 2.05) is 0 Å². The van der Waals surface area contributed by atoms with Crippen molar-refractivity contribution < 1.29 is 84.1 Å². The quantitative estimate of drug-likeness (QED) is 0.114. The van der Waals surface area contributed by atoms with Gasteiger partial charge >= 0.3 is 24.7 Å². The van der Waals surface area contributed by atoms with Gasteiger partial charge < -0.3 is 9.47 Å². The number of nitrogens with zero attached hydrogens (tertiary/aromatic N) is 4. The van der Waals surface area contributed by atoms with Gasteiger partial charge in [-0.15, -0.1) is 26.3 Å². The number of ether oxygens (including phenoxy) is 2. The summed E-state index contributed by atoms with van der Waals surface area (Å²) in [5, 5.41) is 15.7. The zero-order valence-corrected chi connectivity index (χ0v) is 26.9. The maximum atomic E-state index is 15.7. The Kier molecular flexibility index (Phi) is 10.0. The second kappa shape index (κ2) is 13.8. The summed E-state index contributed by atoms with van der Waals surface area (Å²) in [7, 11) is 0. The van der Waals surface area contributed by atoms with Crippen LogP contribution in [0.15, 0.2) is 22.5 Å². The van der Waals surface area contributed by atoms with Gasteiger partial charge in [-0.3, -0.25) is 0 Å². The molecule has 0 aromatic heterocycles. The molecule has 3 aromatic carbocycles. The third kappa shape index (κ3) is 6.58. The lowest BCUT2D eigenvalue weighted by molar-refractivity contribution is -0.277. The molecule has 0 amide bonds. The number of halogens is 17. The van der Waals surface area contributed by atoms with E-state index in [-0.39, 0.29) is 0 Å². The van der Waals surface area contributed by atoms with E-state index in [9.17, 15) is 67.6 Å². The second-order valence-electron chi connectivity index (χ2n) is 11.4. The molecule has 0 saturated heterocycles. The summed E-state index contributed by atoms with van der Waals surface area (Å²) in [4.78, 5) is 5.37. The second-order valence-corrected chi connectivity index (χ2v) is 11.4. The first-order chi connectivity index (χ1) is 26.3. The van der Waals surface area contributed by atoms with Gasteiger partial charge in [0.2, 0.25) is 0 Å². The van der Waals surface area contributed by atoms with E-state index in [1.165, 1.54) is 0 Å². The van der Waals surface area contributed by atoms with Gasteiger partial charge in [0.1, 0.15) is 47.9 Å². The Bertz CT molecular complexity index is 2640. The summed E-state index contributed by atoms with van der Waals surface area (Å²) < 4.78 is 256. The molecule has 294 valence electrons. The van der Waals surface area contributed by atoms with Gasteiger partial charge in [0, 0.05) is 51.1 Å². The van der Waals surface area contributed by atoms with Crippen molar-refractivity contribution in [2.75, 3.05) is 0 Å². The van der Waals surface area contributed by atoms with Crippen LogP contribution in [0.1, 0.15) is 33.4 Å². The van der Waals surface area contributed by atoms with Crippen LogP contribution in [-0.2, 0) is 19.0 Å². The van der Waals surface area contributed by atoms with E-state index in [0.717, 1.165) is 12.1 Å². The van der Waals surface area contributed by atoms with Gasteiger partial charge in [0.15, 0.2) is 46.5 Å². The SMILES string of the molecule is [C-]#[N+]C([N+]#[C-])=C1Cc2c(OC(F)(F)F)c3c(c(OC(F)(F)F)c2=C1c1c(F)c(F)c(C)c(F)c1F)CC(=C(C#N)C#N)C=3c1c(F)c(F)c(C(F)(F)F)c(F)c1F. The lowest BCUT2D eigenvalue weighted by Crippen LogP contribution is -2.32. The number of alkyl halides is 9. The molecule has 23 heteroatoms. The number of benzene rings is 3. The molecule has 0 heterocycles. The van der Waals surface area contributed by atoms with Gasteiger partial charge in [0.25, 0.3) is 0 Å². The molecule has 0 fully saturated rings. The summed E-state index contributed by atoms with van der Waals surface area (Å²) in [6, 6.07) is 2.05. The highest BCUT2D eigenvalue weighted by atomic mass is 19.4. The standard InChI is InChI=1S/C34H7F17N4O2/c1-8-21(35)23(37)19(24(38)22(8)36)15-13(31(54-2)55-3)5-12-17(15)29(56-33(46,47)48)11-4-10(9(6-52)7-53)14(16(11)30(12)57-34(49,50)51)18-25(39)27(41)20(32(43,44)45)28(42)26(18)40/h4-5H2,1H3. The number of hydrogen-bond donors (Lipinski definition) is 0. The Labute approximate surface area is 304 Å². The van der Waals surface area contributed by atoms with Crippen LogP contribution in [0.25, 0.3) is 20.8 Å². The van der Waals surface area contributed by atoms with Gasteiger partial charge in [-0.25, -0.2) is 35.1 Å². The first kappa shape index (κ1) is 41.4. The fourth-order valence-corrected chi connectivity index (χ4v) is 6.29. The highest BCUT2D eigenvalue weighted by molar-refractivity contribution is 5.92. The minimum Gasteiger partial charge on any atom is -0.405 e. The molecule has 0 saturated carbocycles. The summed E-state index contributed by atoms with van der Waals surface area (Å²) in [6.45, 7) is 15.1. The molecular weight excluding hydrogens is 819 g/mol. The fraction of sp³-hybridized carbons (Fsp3) is 0.176. The molecule has 0 spiro atoms. The summed E-state index contributed by atoms with van der Waals surface area (Å²) in [5.74, 6) is -27.8. The van der Waals surface area contributed by atoms with Crippen LogP contribution in [0.2, 0.25) is 0 Å². The van der Waals surface area contributed by atoms with Crippen molar-refractivity contribution in [3.05, 3.63) is 136 Å². The predicted molar refractivity (Wildman–Crippen MR) is 152 cm³/mol. The van der Waals surface area contributed by atoms with Gasteiger partial charge in [0.05, 0.1) is 16.7 Å². The Morgan fingerprint density at radius 2 is 0.930 bits per heavy atom. The van der Waals surface area contributed by atoms with E-state index < -0.39 is 167 Å². The zero-order chi connectivity index (χ0) is 43.0. The summed E-state index contributed by atoms with van der Waals surface area (Å²) in [6.07, 6.45) is -21.9. The maximum absolute atomic E-state index is 15.7. The average Bonchev–Trinajstić information content (AvgIpc) is 3.67. The summed E-state index contributed by atoms with van der Waals surface area (Å²) >= 11 is 0. The van der Waals surface area contributed by atoms with Crippen LogP contribution in [0.4, 0.5) is 74.6 Å². The van der Waals surface area contributed by atoms with Crippen LogP contribution >= 0.6 is 0 Å². The smallest absolute Gasteiger partial charge is 0.405 e. The highest BCUT2D eigenvalue weighted by Crippen LogP contribution is 2.47. The van der Waals surface area contributed by atoms with Crippen molar-refractivity contribution in [3.8, 4) is 23.6 Å². The molecule has 0 atom stereocenters. The Morgan fingerprint density at radius 1 is 0.579 bits per heavy atom. The Hall–Kier alpha value is -6.75. The highest BCUT2D eigenvalue weighted by Gasteiger charge is 2.48. The predicted octanol–water partition coefficient (Wildman–Crippen LogP) is 8.83. The number of nitriles is 2. The third-order valence-corrected chi connectivity index (χ3v) is 8.39. The lowest BCUT2D eigenvalue weighted by Gasteiger charge is -2.19. The number of allylic oxidation sites excluding steroid dienone is 3. The largest absolute Gasteiger partial charge is 0.573 e. The number of rotatable bonds is 4. The lowest BCUT2D eigenvalue weighted by atomic mass is 9.92. The van der Waals surface area contributed by atoms with Crippen molar-refractivity contribution in [2.24, 2.45) is 0 Å². The molecule has 5 rings (SSSR count). The Morgan fingerprint density at radius 3 is 1.26 bits per heavy atom. The van der Waals surface area contributed by atoms with Crippen LogP contribution in [0.3, 0.4) is 0 Å². The molecule has 2 aliphatic carbocycles. The zero-order valence-electron chi connectivity index (χ0n) is 26.9. The van der Waals surface area contributed by atoms with E-state index in [0.29, 0.717) is 6.92 Å².